The molecule has 1 aromatic carbocycles. The van der Waals surface area contributed by atoms with Gasteiger partial charge in [0.25, 0.3) is 0 Å². The van der Waals surface area contributed by atoms with Crippen molar-refractivity contribution in [2.75, 3.05) is 40.3 Å². The van der Waals surface area contributed by atoms with Crippen molar-refractivity contribution in [1.29, 1.82) is 0 Å². The van der Waals surface area contributed by atoms with E-state index >= 15 is 0 Å². The number of aryl methyl sites for hydroxylation is 1. The Bertz CT molecular complexity index is 765. The van der Waals surface area contributed by atoms with Crippen LogP contribution in [0.4, 0.5) is 0 Å². The third kappa shape index (κ3) is 5.29. The Morgan fingerprint density at radius 1 is 1.18 bits per heavy atom. The van der Waals surface area contributed by atoms with E-state index < -0.39 is 0 Å². The zero-order valence-corrected chi connectivity index (χ0v) is 17.2. The molecule has 1 unspecified atom stereocenters. The largest absolute Gasteiger partial charge is 0.496 e. The van der Waals surface area contributed by atoms with Crippen molar-refractivity contribution in [2.45, 2.75) is 32.2 Å². The van der Waals surface area contributed by atoms with Gasteiger partial charge in [0.15, 0.2) is 5.96 Å². The van der Waals surface area contributed by atoms with Crippen LogP contribution in [0.5, 0.6) is 5.75 Å². The number of rotatable bonds is 8. The highest BCUT2D eigenvalue weighted by Crippen LogP contribution is 2.26. The van der Waals surface area contributed by atoms with E-state index in [1.807, 2.05) is 31.2 Å². The van der Waals surface area contributed by atoms with Crippen LogP contribution in [-0.4, -0.2) is 51.2 Å². The van der Waals surface area contributed by atoms with E-state index in [1.165, 1.54) is 18.4 Å². The molecule has 0 amide bonds. The van der Waals surface area contributed by atoms with Gasteiger partial charge in [-0.25, -0.2) is 0 Å². The molecule has 1 aliphatic heterocycles. The van der Waals surface area contributed by atoms with Crippen LogP contribution in [-0.2, 0) is 6.42 Å². The fourth-order valence-corrected chi connectivity index (χ4v) is 3.73. The normalized spacial score (nSPS) is 16.2. The molecule has 6 heteroatoms. The highest BCUT2D eigenvalue weighted by molar-refractivity contribution is 5.79. The number of guanidine groups is 1. The molecule has 0 saturated carbocycles. The summed E-state index contributed by atoms with van der Waals surface area (Å²) >= 11 is 0. The molecule has 1 aliphatic rings. The molecule has 0 bridgehead atoms. The van der Waals surface area contributed by atoms with Crippen molar-refractivity contribution in [3.63, 3.8) is 0 Å². The Balaban J connectivity index is 1.54. The molecular formula is C22H32N4O2. The minimum Gasteiger partial charge on any atom is -0.496 e. The van der Waals surface area contributed by atoms with Crippen LogP contribution in [0.25, 0.3) is 0 Å². The average Bonchev–Trinajstić information content (AvgIpc) is 3.39. The maximum atomic E-state index is 5.93. The van der Waals surface area contributed by atoms with Gasteiger partial charge in [0.1, 0.15) is 17.3 Å². The number of nitrogens with zero attached hydrogens (tertiary/aromatic N) is 2. The number of aliphatic imine (C=N–C) groups is 1. The van der Waals surface area contributed by atoms with Gasteiger partial charge in [-0.3, -0.25) is 9.89 Å². The first-order valence-electron chi connectivity index (χ1n) is 10.1. The number of hydrogen-bond donors (Lipinski definition) is 2. The van der Waals surface area contributed by atoms with Gasteiger partial charge in [0.05, 0.1) is 13.2 Å². The third-order valence-electron chi connectivity index (χ3n) is 5.24. The van der Waals surface area contributed by atoms with Crippen molar-refractivity contribution in [3.05, 3.63) is 53.5 Å². The first-order valence-corrected chi connectivity index (χ1v) is 10.1. The monoisotopic (exact) mass is 384 g/mol. The van der Waals surface area contributed by atoms with Gasteiger partial charge in [-0.05, 0) is 63.0 Å². The second-order valence-corrected chi connectivity index (χ2v) is 7.15. The van der Waals surface area contributed by atoms with E-state index in [4.69, 9.17) is 9.15 Å². The van der Waals surface area contributed by atoms with E-state index in [0.717, 1.165) is 55.8 Å². The molecule has 2 N–H and O–H groups in total. The van der Waals surface area contributed by atoms with E-state index in [2.05, 4.69) is 32.7 Å². The Morgan fingerprint density at radius 3 is 2.64 bits per heavy atom. The summed E-state index contributed by atoms with van der Waals surface area (Å²) in [5, 5.41) is 6.88. The van der Waals surface area contributed by atoms with Crippen LogP contribution < -0.4 is 15.4 Å². The van der Waals surface area contributed by atoms with E-state index in [9.17, 15) is 0 Å². The van der Waals surface area contributed by atoms with Crippen molar-refractivity contribution >= 4 is 5.96 Å². The fourth-order valence-electron chi connectivity index (χ4n) is 3.73. The van der Waals surface area contributed by atoms with Gasteiger partial charge in [-0.2, -0.15) is 0 Å². The summed E-state index contributed by atoms with van der Waals surface area (Å²) in [7, 11) is 3.52. The lowest BCUT2D eigenvalue weighted by atomic mass is 10.1. The lowest BCUT2D eigenvalue weighted by Crippen LogP contribution is -2.43. The molecular weight excluding hydrogens is 352 g/mol. The molecule has 152 valence electrons. The van der Waals surface area contributed by atoms with Gasteiger partial charge in [-0.15, -0.1) is 0 Å². The highest BCUT2D eigenvalue weighted by atomic mass is 16.5. The van der Waals surface area contributed by atoms with Gasteiger partial charge >= 0.3 is 0 Å². The molecule has 1 fully saturated rings. The molecule has 3 rings (SSSR count). The summed E-state index contributed by atoms with van der Waals surface area (Å²) in [6.45, 7) is 5.78. The Hall–Kier alpha value is -2.47. The minimum absolute atomic E-state index is 0.226. The number of furan rings is 1. The van der Waals surface area contributed by atoms with Crippen molar-refractivity contribution in [2.24, 2.45) is 4.99 Å². The highest BCUT2D eigenvalue weighted by Gasteiger charge is 2.26. The second-order valence-electron chi connectivity index (χ2n) is 7.15. The van der Waals surface area contributed by atoms with Crippen molar-refractivity contribution in [3.8, 4) is 5.75 Å². The lowest BCUT2D eigenvalue weighted by molar-refractivity contribution is 0.213. The molecule has 2 heterocycles. The first-order chi connectivity index (χ1) is 13.7. The topological polar surface area (TPSA) is 62.0 Å². The molecule has 1 saturated heterocycles. The number of para-hydroxylation sites is 1. The van der Waals surface area contributed by atoms with Gasteiger partial charge in [0, 0.05) is 20.1 Å². The number of ether oxygens (including phenoxy) is 1. The maximum Gasteiger partial charge on any atom is 0.191 e. The predicted octanol–water partition coefficient (Wildman–Crippen LogP) is 3.14. The zero-order chi connectivity index (χ0) is 19.8. The molecule has 6 nitrogen and oxygen atoms in total. The van der Waals surface area contributed by atoms with Crippen LogP contribution >= 0.6 is 0 Å². The van der Waals surface area contributed by atoms with Crippen molar-refractivity contribution < 1.29 is 9.15 Å². The SMILES string of the molecule is CN=C(NCCc1ccccc1OC)NCC(c1ccc(C)o1)N1CCCC1. The van der Waals surface area contributed by atoms with Crippen LogP contribution in [0, 0.1) is 6.92 Å². The first kappa shape index (κ1) is 20.3. The summed E-state index contributed by atoms with van der Waals surface area (Å²) < 4.78 is 11.4. The van der Waals surface area contributed by atoms with Crippen LogP contribution in [0.15, 0.2) is 45.8 Å². The smallest absolute Gasteiger partial charge is 0.191 e. The molecule has 2 aromatic rings. The summed E-state index contributed by atoms with van der Waals surface area (Å²) in [4.78, 5) is 6.87. The molecule has 0 radical (unpaired) electrons. The van der Waals surface area contributed by atoms with Gasteiger partial charge in [0.2, 0.25) is 0 Å². The van der Waals surface area contributed by atoms with E-state index in [0.29, 0.717) is 0 Å². The lowest BCUT2D eigenvalue weighted by Gasteiger charge is -2.26. The Morgan fingerprint density at radius 2 is 1.96 bits per heavy atom. The van der Waals surface area contributed by atoms with Gasteiger partial charge in [-0.1, -0.05) is 18.2 Å². The van der Waals surface area contributed by atoms with Gasteiger partial charge < -0.3 is 19.8 Å². The summed E-state index contributed by atoms with van der Waals surface area (Å²) in [6, 6.07) is 12.5. The molecule has 1 aromatic heterocycles. The predicted molar refractivity (Wildman–Crippen MR) is 113 cm³/mol. The number of benzene rings is 1. The molecule has 28 heavy (non-hydrogen) atoms. The van der Waals surface area contributed by atoms with Crippen LogP contribution in [0.3, 0.4) is 0 Å². The van der Waals surface area contributed by atoms with Crippen LogP contribution in [0.1, 0.15) is 36.0 Å². The van der Waals surface area contributed by atoms with E-state index in [-0.39, 0.29) is 6.04 Å². The van der Waals surface area contributed by atoms with Crippen LogP contribution in [0.2, 0.25) is 0 Å². The minimum atomic E-state index is 0.226. The van der Waals surface area contributed by atoms with E-state index in [1.54, 1.807) is 14.2 Å². The number of likely N-dealkylation sites (tertiary alicyclic amines) is 1. The molecule has 1 atom stereocenters. The Kier molecular flexibility index (Phi) is 7.37. The standard InChI is InChI=1S/C22H32N4O2/c1-17-10-11-21(28-17)19(26-14-6-7-15-26)16-25-22(23-2)24-13-12-18-8-4-5-9-20(18)27-3/h4-5,8-11,19H,6-7,12-16H2,1-3H3,(H2,23,24,25). The number of hydrogen-bond acceptors (Lipinski definition) is 4. The molecule has 0 spiro atoms. The summed E-state index contributed by atoms with van der Waals surface area (Å²) in [6.07, 6.45) is 3.38. The maximum absolute atomic E-state index is 5.93. The summed E-state index contributed by atoms with van der Waals surface area (Å²) in [5.41, 5.74) is 1.19. The second kappa shape index (κ2) is 10.2. The third-order valence-corrected chi connectivity index (χ3v) is 5.24. The fraction of sp³-hybridized carbons (Fsp3) is 0.500. The summed E-state index contributed by atoms with van der Waals surface area (Å²) in [5.74, 6) is 3.71. The quantitative estimate of drug-likeness (QED) is 0.541. The number of nitrogens with one attached hydrogen (secondary N) is 2. The zero-order valence-electron chi connectivity index (χ0n) is 17.2. The van der Waals surface area contributed by atoms with Crippen molar-refractivity contribution in [1.82, 2.24) is 15.5 Å². The average molecular weight is 385 g/mol. The molecule has 0 aliphatic carbocycles. The number of methoxy groups -OCH3 is 1. The Labute approximate surface area is 168 Å².